The monoisotopic (exact) mass is 1930 g/mol. The third kappa shape index (κ3) is 18.6. The molecule has 8 aromatic rings. The van der Waals surface area contributed by atoms with Crippen molar-refractivity contribution >= 4 is 104 Å². The van der Waals surface area contributed by atoms with Crippen LogP contribution in [0.3, 0.4) is 0 Å². The van der Waals surface area contributed by atoms with Crippen LogP contribution in [0.2, 0.25) is 0 Å². The number of para-hydroxylation sites is 8. The number of fused-ring (bicyclic) bond motifs is 20. The third-order valence-electron chi connectivity index (χ3n) is 39.2. The summed E-state index contributed by atoms with van der Waals surface area (Å²) in [7, 11) is 0. The standard InChI is InChI=1S/C31H38N4O.C31H37N3O2.2C30H37N5O/c1-20-12-13-23(19-32-20)30-31(36)35(29-11-3-2-10-28(29)33-30)27-17-24-8-5-9-25(18-27)34(24)26-15-21-6-4-7-22(14-21)16-26;35-29-14-4-1-11-26(29)30-31(36)34(28-13-3-2-12-27(28)32-30)25-18-22-9-6-10-23(19-25)33(22)24-16-20-7-5-8-21(15-20)17-24;1-19-17-32-27(18-31-19)29-30(36)35(28-11-3-2-10-26(28)33-29)25-15-22-8-5-9-23(16-25)34(22)24-13-20-6-4-7-21(12-20)14-24;1-19-31-13-12-27(32-19)29-30(36)35(28-11-3-2-10-26(28)33-29)25-17-22-8-5-9-23(18-25)34(22)24-15-20-6-4-7-21(14-20)16-24/h2-3,10-13,19,21-22,24-27,33H,1,4-9,14-18H2;1-4,11-13,20-25H,5-10,14-19H2;2-3,10-11,17-18,20-25,33H,1,4-9,12-16H2;2-3,10-13,20-25,32H,1,4-9,14-18H2/t21-,22+,24-,25+,26?,27?;3*20-,21+,22-,23+,24?,25?. The Labute approximate surface area is 848 Å². The van der Waals surface area contributed by atoms with Gasteiger partial charge in [-0.15, -0.1) is 0 Å². The highest BCUT2D eigenvalue weighted by Crippen LogP contribution is 2.55. The van der Waals surface area contributed by atoms with Crippen molar-refractivity contribution in [2.24, 2.45) is 52.3 Å². The number of hydrogen-bond donors (Lipinski definition) is 3. The van der Waals surface area contributed by atoms with E-state index in [1.807, 2.05) is 95.6 Å². The predicted molar refractivity (Wildman–Crippen MR) is 575 cm³/mol. The molecule has 2 amide bonds. The molecule has 8 saturated carbocycles. The molecule has 20 aliphatic rings. The number of anilines is 4. The van der Waals surface area contributed by atoms with Crippen LogP contribution in [0, 0.1) is 47.3 Å². The van der Waals surface area contributed by atoms with Gasteiger partial charge in [0, 0.05) is 126 Å². The Morgan fingerprint density at radius 2 is 0.694 bits per heavy atom. The van der Waals surface area contributed by atoms with Crippen molar-refractivity contribution in [2.75, 3.05) is 20.4 Å². The summed E-state index contributed by atoms with van der Waals surface area (Å²) < 4.78 is 4.12. The van der Waals surface area contributed by atoms with Gasteiger partial charge in [-0.25, -0.2) is 15.0 Å². The minimum atomic E-state index is -0.0904. The molecule has 16 fully saturated rings. The Hall–Kier alpha value is -10.7. The molecule has 22 heteroatoms. The second kappa shape index (κ2) is 40.5. The first-order valence-corrected chi connectivity index (χ1v) is 56.9. The average molecular weight is 1930 g/mol. The van der Waals surface area contributed by atoms with Gasteiger partial charge in [-0.3, -0.25) is 58.5 Å². The summed E-state index contributed by atoms with van der Waals surface area (Å²) in [5.74, 6) is 8.20. The lowest BCUT2D eigenvalue weighted by Gasteiger charge is -2.56. The number of aromatic nitrogens is 7. The predicted octanol–water partition coefficient (Wildman–Crippen LogP) is 19.5. The second-order valence-electron chi connectivity index (χ2n) is 48.0. The van der Waals surface area contributed by atoms with Gasteiger partial charge in [-0.1, -0.05) is 183 Å². The van der Waals surface area contributed by atoms with Crippen molar-refractivity contribution in [1.82, 2.24) is 59.0 Å². The van der Waals surface area contributed by atoms with Gasteiger partial charge in [0.2, 0.25) is 0 Å². The van der Waals surface area contributed by atoms with E-state index in [2.05, 4.69) is 126 Å². The van der Waals surface area contributed by atoms with Crippen LogP contribution in [0.5, 0.6) is 0 Å². The topological polar surface area (TPSA) is 228 Å². The van der Waals surface area contributed by atoms with Gasteiger partial charge in [0.1, 0.15) is 28.3 Å². The van der Waals surface area contributed by atoms with E-state index in [4.69, 9.17) is 9.97 Å². The van der Waals surface area contributed by atoms with Gasteiger partial charge in [-0.05, 0) is 300 Å². The quantitative estimate of drug-likeness (QED) is 0.116. The molecule has 4 aromatic carbocycles. The molecule has 8 unspecified atom stereocenters. The second-order valence-corrected chi connectivity index (χ2v) is 48.0. The number of hydrogen-bond acceptors (Lipinski definition) is 18. The van der Waals surface area contributed by atoms with Crippen molar-refractivity contribution in [3.05, 3.63) is 218 Å². The van der Waals surface area contributed by atoms with Gasteiger partial charge in [0.15, 0.2) is 11.5 Å². The molecule has 9 aliphatic carbocycles. The summed E-state index contributed by atoms with van der Waals surface area (Å²) in [5.41, 5.74) is 10.6. The summed E-state index contributed by atoms with van der Waals surface area (Å²) in [5, 5.41) is 12.7. The SMILES string of the molecule is C=C1N=CC=C(c2nc3ccccc3n(C3C[C@H]4CCC[C@@H](C3)N4C3C[C@H]4CCC[C@@H](C3)C4)c2=O)N1.C=c1ccc(=C2Nc3ccccc3N(C3C[C@H]4CCC[C@@H](C3)N4C3C[C@H]4CCC[C@@H](C3)C4)C2=O)cn1.C=c1cnc(=C2Nc3ccccc3N(C3C[C@H]4CCC[C@@H](C3)N4C3C[C@H]4CCC[C@@H](C3)C4)C2=O)cn1.O=C1CC=CC=C1c1nc2ccccc2n(C2C[C@H]3CCC[C@@H](C2)N3C2C[C@H]3CCC[C@@H](C2)C3)c1=O. The number of nitrogens with zero attached hydrogens (tertiary/aromatic N) is 14. The van der Waals surface area contributed by atoms with E-state index in [0.29, 0.717) is 111 Å². The third-order valence-corrected chi connectivity index (χ3v) is 39.2. The maximum atomic E-state index is 14.1. The zero-order valence-corrected chi connectivity index (χ0v) is 84.6. The van der Waals surface area contributed by atoms with Crippen LogP contribution in [0.25, 0.3) is 57.9 Å². The largest absolute Gasteiger partial charge is 0.349 e. The van der Waals surface area contributed by atoms with Gasteiger partial charge >= 0.3 is 0 Å². The minimum absolute atomic E-state index is 0.000674. The summed E-state index contributed by atoms with van der Waals surface area (Å²) in [6.45, 7) is 11.7. The highest BCUT2D eigenvalue weighted by molar-refractivity contribution is 6.29. The number of ketones is 1. The highest BCUT2D eigenvalue weighted by Gasteiger charge is 2.54. The number of amides is 2. The number of piperidine rings is 8. The lowest BCUT2D eigenvalue weighted by atomic mass is 9.68. The fourth-order valence-electron chi connectivity index (χ4n) is 33.8. The van der Waals surface area contributed by atoms with Crippen LogP contribution in [-0.2, 0) is 14.4 Å². The molecular weight excluding hydrogens is 1780 g/mol. The molecule has 0 radical (unpaired) electrons. The lowest BCUT2D eigenvalue weighted by Crippen LogP contribution is -2.62. The van der Waals surface area contributed by atoms with E-state index in [0.717, 1.165) is 173 Å². The smallest absolute Gasteiger partial charge is 0.279 e. The summed E-state index contributed by atoms with van der Waals surface area (Å²) in [6, 6.07) is 45.1. The Kier molecular flexibility index (Phi) is 26.6. The first-order chi connectivity index (χ1) is 70.6. The van der Waals surface area contributed by atoms with Gasteiger partial charge in [0.25, 0.3) is 22.9 Å². The summed E-state index contributed by atoms with van der Waals surface area (Å²) in [6.07, 6.45) is 72.8. The zero-order chi connectivity index (χ0) is 96.9. The number of carbonyl (C=O) groups excluding carboxylic acids is 3. The molecule has 22 nitrogen and oxygen atoms in total. The molecule has 752 valence electrons. The number of nitrogens with one attached hydrogen (secondary N) is 3. The van der Waals surface area contributed by atoms with Gasteiger partial charge in [-0.2, -0.15) is 0 Å². The summed E-state index contributed by atoms with van der Waals surface area (Å²) in [4.78, 5) is 112. The molecule has 144 heavy (non-hydrogen) atoms. The molecular formula is C122H149N17O5. The Morgan fingerprint density at radius 3 is 1.10 bits per heavy atom. The van der Waals surface area contributed by atoms with E-state index in [9.17, 15) is 24.0 Å². The number of carbonyl (C=O) groups is 3. The first-order valence-electron chi connectivity index (χ1n) is 56.9. The van der Waals surface area contributed by atoms with Gasteiger partial charge < -0.3 is 34.9 Å². The Bertz CT molecular complexity index is 6410. The average Bonchev–Trinajstić information content (AvgIpc) is 0.752. The maximum absolute atomic E-state index is 14.1. The van der Waals surface area contributed by atoms with Gasteiger partial charge in [0.05, 0.1) is 73.6 Å². The van der Waals surface area contributed by atoms with Crippen molar-refractivity contribution < 1.29 is 14.4 Å². The zero-order valence-electron chi connectivity index (χ0n) is 84.6. The molecule has 0 spiro atoms. The van der Waals surface area contributed by atoms with Crippen LogP contribution >= 0.6 is 0 Å². The van der Waals surface area contributed by atoms with Crippen LogP contribution in [0.1, 0.15) is 312 Å². The number of aliphatic imine (C=N–C) groups is 1. The lowest BCUT2D eigenvalue weighted by molar-refractivity contribution is -0.115. The summed E-state index contributed by atoms with van der Waals surface area (Å²) >= 11 is 0. The van der Waals surface area contributed by atoms with Crippen LogP contribution in [0.4, 0.5) is 22.7 Å². The highest BCUT2D eigenvalue weighted by atomic mass is 16.2. The normalized spacial score (nSPS) is 35.1. The number of Topliss-reactive ketones (excluding diaryl/α,β-unsaturated/α-hetero) is 1. The Morgan fingerprint density at radius 1 is 0.319 bits per heavy atom. The van der Waals surface area contributed by atoms with Crippen LogP contribution in [-0.4, -0.2) is 162 Å². The van der Waals surface area contributed by atoms with E-state index < -0.39 is 0 Å². The molecule has 11 aliphatic heterocycles. The maximum Gasteiger partial charge on any atom is 0.279 e. The number of allylic oxidation sites excluding steroid dienone is 5. The molecule has 8 saturated heterocycles. The fourth-order valence-corrected chi connectivity index (χ4v) is 33.8. The van der Waals surface area contributed by atoms with Crippen molar-refractivity contribution in [2.45, 2.75) is 386 Å². The molecule has 28 rings (SSSR count). The minimum Gasteiger partial charge on any atom is -0.349 e. The van der Waals surface area contributed by atoms with E-state index >= 15 is 0 Å². The molecule has 15 heterocycles. The van der Waals surface area contributed by atoms with Crippen molar-refractivity contribution in [3.63, 3.8) is 0 Å². The fraction of sp³-hybridized carbons (Fsp3) is 0.566. The number of benzene rings is 4. The van der Waals surface area contributed by atoms with E-state index in [1.165, 1.54) is 231 Å². The first kappa shape index (κ1) is 94.3. The van der Waals surface area contributed by atoms with E-state index in [1.54, 1.807) is 30.9 Å². The van der Waals surface area contributed by atoms with E-state index in [-0.39, 0.29) is 52.9 Å². The number of pyridine rings is 1. The van der Waals surface area contributed by atoms with Crippen LogP contribution in [0.15, 0.2) is 179 Å². The molecule has 16 bridgehead atoms. The Balaban J connectivity index is 0.000000101. The molecule has 3 N–H and O–H groups in total. The molecule has 4 aromatic heterocycles. The van der Waals surface area contributed by atoms with Crippen molar-refractivity contribution in [3.8, 4) is 0 Å². The molecule has 24 atom stereocenters. The van der Waals surface area contributed by atoms with Crippen molar-refractivity contribution in [1.29, 1.82) is 0 Å². The van der Waals surface area contributed by atoms with Crippen LogP contribution < -0.4 is 58.1 Å². The number of rotatable bonds is 10.